The number of aromatic nitrogens is 1. The average Bonchev–Trinajstić information content (AvgIpc) is 3.76. The van der Waals surface area contributed by atoms with Crippen molar-refractivity contribution in [2.75, 3.05) is 5.32 Å². The summed E-state index contributed by atoms with van der Waals surface area (Å²) in [6.45, 7) is 0.364. The summed E-state index contributed by atoms with van der Waals surface area (Å²) in [6.07, 6.45) is 3.35. The van der Waals surface area contributed by atoms with E-state index in [0.717, 1.165) is 37.6 Å². The van der Waals surface area contributed by atoms with Crippen LogP contribution in [0.2, 0.25) is 5.02 Å². The van der Waals surface area contributed by atoms with E-state index in [4.69, 9.17) is 11.6 Å². The second-order valence-electron chi connectivity index (χ2n) is 9.83. The number of nitrogens with one attached hydrogen (secondary N) is 2. The molecule has 3 heterocycles. The third-order valence-electron chi connectivity index (χ3n) is 6.77. The molecule has 0 aliphatic rings. The van der Waals surface area contributed by atoms with E-state index in [9.17, 15) is 14.9 Å². The van der Waals surface area contributed by atoms with Gasteiger partial charge in [-0.1, -0.05) is 54.1 Å². The molecule has 214 valence electrons. The number of nitriles is 1. The number of anilines is 1. The van der Waals surface area contributed by atoms with Crippen LogP contribution in [-0.2, 0) is 6.54 Å². The van der Waals surface area contributed by atoms with Crippen molar-refractivity contribution in [3.05, 3.63) is 141 Å². The van der Waals surface area contributed by atoms with Crippen molar-refractivity contribution in [1.82, 2.24) is 10.3 Å². The molecule has 0 spiro atoms. The van der Waals surface area contributed by atoms with Gasteiger partial charge in [0.2, 0.25) is 0 Å². The highest BCUT2D eigenvalue weighted by Crippen LogP contribution is 2.31. The first-order valence-electron chi connectivity index (χ1n) is 13.6. The van der Waals surface area contributed by atoms with E-state index < -0.39 is 0 Å². The summed E-state index contributed by atoms with van der Waals surface area (Å²) >= 11 is 8.79. The van der Waals surface area contributed by atoms with E-state index in [1.807, 2.05) is 84.9 Å². The Bertz CT molecular complexity index is 2030. The third-order valence-corrected chi connectivity index (χ3v) is 9.29. The quantitative estimate of drug-likeness (QED) is 0.176. The standard InChI is InChI=1S/C35H23ClN4O2S2/c36-28-9-7-24(8-10-28)30-11-13-32(43-30)34(41)39-19-23-4-2-5-25(16-23)27-17-29(21-38-20-27)40-35(42)33-14-12-31(44-33)26-6-1-3-22(15-26)18-37/h1-17,20-21H,19H2,(H,39,41)(H,40,42). The van der Waals surface area contributed by atoms with Crippen LogP contribution in [0, 0.1) is 11.3 Å². The highest BCUT2D eigenvalue weighted by atomic mass is 35.5. The zero-order valence-electron chi connectivity index (χ0n) is 23.1. The summed E-state index contributed by atoms with van der Waals surface area (Å²) in [6, 6.07) is 34.1. The lowest BCUT2D eigenvalue weighted by Gasteiger charge is -2.09. The fraction of sp³-hybridized carbons (Fsp3) is 0.0286. The molecule has 2 N–H and O–H groups in total. The lowest BCUT2D eigenvalue weighted by Crippen LogP contribution is -2.21. The van der Waals surface area contributed by atoms with Gasteiger partial charge in [0.15, 0.2) is 0 Å². The number of hydrogen-bond acceptors (Lipinski definition) is 6. The van der Waals surface area contributed by atoms with Gasteiger partial charge >= 0.3 is 0 Å². The molecule has 9 heteroatoms. The van der Waals surface area contributed by atoms with Gasteiger partial charge < -0.3 is 10.6 Å². The van der Waals surface area contributed by atoms with Gasteiger partial charge in [0, 0.05) is 33.1 Å². The number of benzene rings is 3. The maximum Gasteiger partial charge on any atom is 0.265 e. The maximum absolute atomic E-state index is 13.0. The van der Waals surface area contributed by atoms with Crippen LogP contribution >= 0.6 is 34.3 Å². The van der Waals surface area contributed by atoms with Gasteiger partial charge in [0.25, 0.3) is 11.8 Å². The van der Waals surface area contributed by atoms with E-state index in [1.54, 1.807) is 30.6 Å². The Labute approximate surface area is 267 Å². The molecule has 6 rings (SSSR count). The van der Waals surface area contributed by atoms with Crippen molar-refractivity contribution in [3.8, 4) is 38.1 Å². The summed E-state index contributed by atoms with van der Waals surface area (Å²) in [5.41, 5.74) is 5.74. The lowest BCUT2D eigenvalue weighted by molar-refractivity contribution is 0.0954. The number of hydrogen-bond donors (Lipinski definition) is 2. The average molecular weight is 631 g/mol. The molecule has 6 nitrogen and oxygen atoms in total. The van der Waals surface area contributed by atoms with Crippen LogP contribution in [0.4, 0.5) is 5.69 Å². The van der Waals surface area contributed by atoms with Crippen LogP contribution in [0.5, 0.6) is 0 Å². The molecule has 0 bridgehead atoms. The first-order chi connectivity index (χ1) is 21.4. The molecule has 0 unspecified atom stereocenters. The summed E-state index contributed by atoms with van der Waals surface area (Å²) in [5, 5.41) is 15.8. The molecule has 0 radical (unpaired) electrons. The largest absolute Gasteiger partial charge is 0.347 e. The number of rotatable bonds is 8. The Balaban J connectivity index is 1.10. The van der Waals surface area contributed by atoms with Gasteiger partial charge in [-0.15, -0.1) is 22.7 Å². The lowest BCUT2D eigenvalue weighted by atomic mass is 10.0. The Morgan fingerprint density at radius 1 is 0.727 bits per heavy atom. The highest BCUT2D eigenvalue weighted by molar-refractivity contribution is 7.17. The van der Waals surface area contributed by atoms with E-state index in [2.05, 4.69) is 21.7 Å². The molecule has 0 atom stereocenters. The molecule has 0 aliphatic heterocycles. The molecule has 0 aliphatic carbocycles. The Hall–Kier alpha value is -5.07. The van der Waals surface area contributed by atoms with Gasteiger partial charge in [-0.3, -0.25) is 14.6 Å². The van der Waals surface area contributed by atoms with Crippen LogP contribution in [0.25, 0.3) is 32.0 Å². The van der Waals surface area contributed by atoms with Gasteiger partial charge in [-0.25, -0.2) is 0 Å². The monoisotopic (exact) mass is 630 g/mol. The van der Waals surface area contributed by atoms with E-state index in [1.165, 1.54) is 22.7 Å². The SMILES string of the molecule is N#Cc1cccc(-c2ccc(C(=O)Nc3cncc(-c4cccc(CNC(=O)c5ccc(-c6ccc(Cl)cc6)s5)c4)c3)s2)c1. The van der Waals surface area contributed by atoms with Crippen LogP contribution in [0.3, 0.4) is 0 Å². The third kappa shape index (κ3) is 6.77. The Morgan fingerprint density at radius 2 is 1.43 bits per heavy atom. The zero-order valence-corrected chi connectivity index (χ0v) is 25.5. The zero-order chi connectivity index (χ0) is 30.5. The molecule has 44 heavy (non-hydrogen) atoms. The summed E-state index contributed by atoms with van der Waals surface area (Å²) < 4.78 is 0. The van der Waals surface area contributed by atoms with Crippen LogP contribution in [0.1, 0.15) is 30.5 Å². The number of thiophene rings is 2. The maximum atomic E-state index is 13.0. The highest BCUT2D eigenvalue weighted by Gasteiger charge is 2.13. The van der Waals surface area contributed by atoms with Gasteiger partial charge in [-0.2, -0.15) is 5.26 Å². The minimum Gasteiger partial charge on any atom is -0.347 e. The fourth-order valence-corrected chi connectivity index (χ4v) is 6.53. The Morgan fingerprint density at radius 3 is 2.20 bits per heavy atom. The van der Waals surface area contributed by atoms with Crippen molar-refractivity contribution < 1.29 is 9.59 Å². The minimum atomic E-state index is -0.235. The second-order valence-corrected chi connectivity index (χ2v) is 12.4. The van der Waals surface area contributed by atoms with E-state index in [0.29, 0.717) is 32.6 Å². The second kappa shape index (κ2) is 13.1. The number of nitrogens with zero attached hydrogens (tertiary/aromatic N) is 2. The van der Waals surface area contributed by atoms with Gasteiger partial charge in [0.05, 0.1) is 33.3 Å². The number of halogens is 1. The molecule has 0 saturated heterocycles. The van der Waals surface area contributed by atoms with E-state index >= 15 is 0 Å². The molecule has 2 amide bonds. The number of carbonyl (C=O) groups excluding carboxylic acids is 2. The molecule has 0 saturated carbocycles. The first-order valence-corrected chi connectivity index (χ1v) is 15.6. The van der Waals surface area contributed by atoms with Crippen molar-refractivity contribution in [2.45, 2.75) is 6.54 Å². The topological polar surface area (TPSA) is 94.9 Å². The van der Waals surface area contributed by atoms with Crippen LogP contribution in [0.15, 0.2) is 116 Å². The molecular weight excluding hydrogens is 608 g/mol. The Kier molecular flexibility index (Phi) is 8.62. The molecular formula is C35H23ClN4O2S2. The van der Waals surface area contributed by atoms with E-state index in [-0.39, 0.29) is 11.8 Å². The van der Waals surface area contributed by atoms with Gasteiger partial charge in [-0.05, 0) is 82.9 Å². The van der Waals surface area contributed by atoms with Crippen LogP contribution in [-0.4, -0.2) is 16.8 Å². The predicted molar refractivity (Wildman–Crippen MR) is 178 cm³/mol. The fourth-order valence-electron chi connectivity index (χ4n) is 4.58. The van der Waals surface area contributed by atoms with Crippen molar-refractivity contribution in [1.29, 1.82) is 5.26 Å². The summed E-state index contributed by atoms with van der Waals surface area (Å²) in [5.74, 6) is -0.373. The normalized spacial score (nSPS) is 10.6. The van der Waals surface area contributed by atoms with Gasteiger partial charge in [0.1, 0.15) is 0 Å². The predicted octanol–water partition coefficient (Wildman–Crippen LogP) is 8.91. The van der Waals surface area contributed by atoms with Crippen molar-refractivity contribution >= 4 is 51.8 Å². The van der Waals surface area contributed by atoms with Crippen molar-refractivity contribution in [3.63, 3.8) is 0 Å². The number of amides is 2. The smallest absolute Gasteiger partial charge is 0.265 e. The molecule has 0 fully saturated rings. The van der Waals surface area contributed by atoms with Crippen LogP contribution < -0.4 is 10.6 Å². The number of pyridine rings is 1. The van der Waals surface area contributed by atoms with Crippen molar-refractivity contribution in [2.24, 2.45) is 0 Å². The molecule has 6 aromatic rings. The number of carbonyl (C=O) groups is 2. The molecule has 3 aromatic heterocycles. The summed E-state index contributed by atoms with van der Waals surface area (Å²) in [7, 11) is 0. The summed E-state index contributed by atoms with van der Waals surface area (Å²) in [4.78, 5) is 33.3. The first kappa shape index (κ1) is 29.0. The molecule has 3 aromatic carbocycles. The minimum absolute atomic E-state index is 0.138.